The summed E-state index contributed by atoms with van der Waals surface area (Å²) in [6.45, 7) is 6.29. The van der Waals surface area contributed by atoms with Crippen molar-refractivity contribution in [1.82, 2.24) is 4.90 Å². The fraction of sp³-hybridized carbons (Fsp3) is 0.708. The van der Waals surface area contributed by atoms with E-state index < -0.39 is 0 Å². The third-order valence-electron chi connectivity index (χ3n) is 4.67. The molecule has 1 aromatic carbocycles. The van der Waals surface area contributed by atoms with Gasteiger partial charge in [0.05, 0.1) is 66.1 Å². The van der Waals surface area contributed by atoms with E-state index in [2.05, 4.69) is 12.1 Å². The van der Waals surface area contributed by atoms with Gasteiger partial charge in [-0.2, -0.15) is 0 Å². The van der Waals surface area contributed by atoms with Crippen molar-refractivity contribution in [2.45, 2.75) is 19.3 Å². The average Bonchev–Trinajstić information content (AvgIpc) is 2.81. The summed E-state index contributed by atoms with van der Waals surface area (Å²) < 4.78 is 31.9. The summed E-state index contributed by atoms with van der Waals surface area (Å²) in [5.74, 6) is 0.126. The van der Waals surface area contributed by atoms with Crippen LogP contribution in [-0.4, -0.2) is 104 Å². The first-order valence-corrected chi connectivity index (χ1v) is 11.4. The van der Waals surface area contributed by atoms with Gasteiger partial charge in [-0.3, -0.25) is 4.79 Å². The minimum absolute atomic E-state index is 0.126. The molecular weight excluding hydrogens is 414 g/mol. The first-order valence-electron chi connectivity index (χ1n) is 11.4. The summed E-state index contributed by atoms with van der Waals surface area (Å²) in [5.41, 5.74) is 1.25. The van der Waals surface area contributed by atoms with Crippen LogP contribution >= 0.6 is 0 Å². The Morgan fingerprint density at radius 3 is 1.66 bits per heavy atom. The van der Waals surface area contributed by atoms with Gasteiger partial charge in [-0.1, -0.05) is 30.3 Å². The Kier molecular flexibility index (Phi) is 19.0. The Balaban J connectivity index is 2.27. The summed E-state index contributed by atoms with van der Waals surface area (Å²) in [6, 6.07) is 10.2. The van der Waals surface area contributed by atoms with Gasteiger partial charge in [-0.25, -0.2) is 0 Å². The smallest absolute Gasteiger partial charge is 0.222 e. The molecule has 0 aromatic heterocycles. The second-order valence-electron chi connectivity index (χ2n) is 7.16. The molecule has 0 saturated carbocycles. The standard InChI is InChI=1S/C24H41NO7/c1-27-15-17-31-21-19-29-13-11-25(12-14-30-20-22-32-18-16-28-2)24(26)10-6-9-23-7-4-3-5-8-23/h3-5,7-8H,6,9-22H2,1-2H3. The van der Waals surface area contributed by atoms with Gasteiger partial charge in [0, 0.05) is 33.7 Å². The second kappa shape index (κ2) is 21.3. The summed E-state index contributed by atoms with van der Waals surface area (Å²) in [6.07, 6.45) is 2.22. The summed E-state index contributed by atoms with van der Waals surface area (Å²) in [5, 5.41) is 0. The normalized spacial score (nSPS) is 11.1. The lowest BCUT2D eigenvalue weighted by molar-refractivity contribution is -0.133. The third-order valence-corrected chi connectivity index (χ3v) is 4.67. The van der Waals surface area contributed by atoms with Gasteiger partial charge in [-0.05, 0) is 18.4 Å². The van der Waals surface area contributed by atoms with E-state index in [1.807, 2.05) is 23.1 Å². The van der Waals surface area contributed by atoms with Crippen LogP contribution in [0.1, 0.15) is 18.4 Å². The molecule has 0 fully saturated rings. The first kappa shape index (κ1) is 28.5. The van der Waals surface area contributed by atoms with Crippen LogP contribution in [0.15, 0.2) is 30.3 Å². The monoisotopic (exact) mass is 455 g/mol. The number of hydrogen-bond acceptors (Lipinski definition) is 7. The zero-order valence-corrected chi connectivity index (χ0v) is 19.8. The van der Waals surface area contributed by atoms with Crippen molar-refractivity contribution < 1.29 is 33.2 Å². The number of methoxy groups -OCH3 is 2. The lowest BCUT2D eigenvalue weighted by Gasteiger charge is -2.23. The van der Waals surface area contributed by atoms with E-state index in [1.54, 1.807) is 14.2 Å². The average molecular weight is 456 g/mol. The number of benzene rings is 1. The molecule has 1 rings (SSSR count). The summed E-state index contributed by atoms with van der Waals surface area (Å²) in [7, 11) is 3.28. The maximum Gasteiger partial charge on any atom is 0.222 e. The molecule has 0 aliphatic heterocycles. The molecule has 0 N–H and O–H groups in total. The molecule has 0 heterocycles. The van der Waals surface area contributed by atoms with Crippen molar-refractivity contribution in [2.24, 2.45) is 0 Å². The van der Waals surface area contributed by atoms with Gasteiger partial charge in [0.1, 0.15) is 0 Å². The lowest BCUT2D eigenvalue weighted by atomic mass is 10.1. The largest absolute Gasteiger partial charge is 0.382 e. The highest BCUT2D eigenvalue weighted by Crippen LogP contribution is 2.06. The first-order chi connectivity index (χ1) is 15.8. The highest BCUT2D eigenvalue weighted by atomic mass is 16.5. The van der Waals surface area contributed by atoms with E-state index in [4.69, 9.17) is 28.4 Å². The van der Waals surface area contributed by atoms with Crippen LogP contribution in [0.3, 0.4) is 0 Å². The fourth-order valence-corrected chi connectivity index (χ4v) is 2.89. The Labute approximate surface area is 193 Å². The molecule has 184 valence electrons. The zero-order chi connectivity index (χ0) is 23.1. The van der Waals surface area contributed by atoms with Crippen molar-refractivity contribution >= 4 is 5.91 Å². The highest BCUT2D eigenvalue weighted by molar-refractivity contribution is 5.76. The molecule has 0 spiro atoms. The number of nitrogens with zero attached hydrogens (tertiary/aromatic N) is 1. The molecule has 8 nitrogen and oxygen atoms in total. The van der Waals surface area contributed by atoms with Crippen molar-refractivity contribution in [1.29, 1.82) is 0 Å². The van der Waals surface area contributed by atoms with Crippen LogP contribution in [-0.2, 0) is 39.6 Å². The maximum absolute atomic E-state index is 12.7. The van der Waals surface area contributed by atoms with Gasteiger partial charge in [0.15, 0.2) is 0 Å². The van der Waals surface area contributed by atoms with Crippen molar-refractivity contribution in [3.8, 4) is 0 Å². The minimum Gasteiger partial charge on any atom is -0.382 e. The molecule has 0 saturated heterocycles. The van der Waals surface area contributed by atoms with Crippen molar-refractivity contribution in [2.75, 3.05) is 93.4 Å². The van der Waals surface area contributed by atoms with Crippen LogP contribution in [0.4, 0.5) is 0 Å². The molecule has 0 aliphatic carbocycles. The number of carbonyl (C=O) groups excluding carboxylic acids is 1. The minimum atomic E-state index is 0.126. The lowest BCUT2D eigenvalue weighted by Crippen LogP contribution is -2.37. The highest BCUT2D eigenvalue weighted by Gasteiger charge is 2.13. The van der Waals surface area contributed by atoms with Crippen molar-refractivity contribution in [3.05, 3.63) is 35.9 Å². The molecule has 0 aliphatic rings. The molecule has 32 heavy (non-hydrogen) atoms. The van der Waals surface area contributed by atoms with Crippen LogP contribution < -0.4 is 0 Å². The van der Waals surface area contributed by atoms with E-state index in [-0.39, 0.29) is 5.91 Å². The number of hydrogen-bond donors (Lipinski definition) is 0. The number of amides is 1. The van der Waals surface area contributed by atoms with E-state index in [0.29, 0.717) is 85.6 Å². The number of carbonyl (C=O) groups is 1. The Morgan fingerprint density at radius 2 is 1.16 bits per heavy atom. The van der Waals surface area contributed by atoms with E-state index >= 15 is 0 Å². The van der Waals surface area contributed by atoms with Gasteiger partial charge in [-0.15, -0.1) is 0 Å². The number of rotatable bonds is 22. The fourth-order valence-electron chi connectivity index (χ4n) is 2.89. The molecular formula is C24H41NO7. The summed E-state index contributed by atoms with van der Waals surface area (Å²) >= 11 is 0. The molecule has 0 bridgehead atoms. The molecule has 0 unspecified atom stereocenters. The molecule has 0 radical (unpaired) electrons. The molecule has 8 heteroatoms. The quantitative estimate of drug-likeness (QED) is 0.248. The Bertz CT molecular complexity index is 524. The molecule has 1 amide bonds. The Hall–Kier alpha value is -1.55. The topological polar surface area (TPSA) is 75.7 Å². The predicted molar refractivity (Wildman–Crippen MR) is 123 cm³/mol. The summed E-state index contributed by atoms with van der Waals surface area (Å²) in [4.78, 5) is 14.6. The van der Waals surface area contributed by atoms with Crippen molar-refractivity contribution in [3.63, 3.8) is 0 Å². The number of aryl methyl sites for hydroxylation is 1. The maximum atomic E-state index is 12.7. The van der Waals surface area contributed by atoms with Gasteiger partial charge in [0.2, 0.25) is 5.91 Å². The second-order valence-corrected chi connectivity index (χ2v) is 7.16. The van der Waals surface area contributed by atoms with Gasteiger partial charge in [0.25, 0.3) is 0 Å². The number of ether oxygens (including phenoxy) is 6. The molecule has 0 atom stereocenters. The molecule has 1 aromatic rings. The van der Waals surface area contributed by atoms with Crippen LogP contribution in [0.25, 0.3) is 0 Å². The SMILES string of the molecule is COCCOCCOCCN(CCOCCOCCOC)C(=O)CCCc1ccccc1. The van der Waals surface area contributed by atoms with Gasteiger partial charge < -0.3 is 33.3 Å². The Morgan fingerprint density at radius 1 is 0.688 bits per heavy atom. The predicted octanol–water partition coefficient (Wildman–Crippen LogP) is 2.20. The van der Waals surface area contributed by atoms with Crippen LogP contribution in [0.2, 0.25) is 0 Å². The van der Waals surface area contributed by atoms with Crippen LogP contribution in [0, 0.1) is 0 Å². The van der Waals surface area contributed by atoms with E-state index in [0.717, 1.165) is 12.8 Å². The van der Waals surface area contributed by atoms with E-state index in [1.165, 1.54) is 5.56 Å². The van der Waals surface area contributed by atoms with Crippen LogP contribution in [0.5, 0.6) is 0 Å². The van der Waals surface area contributed by atoms with E-state index in [9.17, 15) is 4.79 Å². The van der Waals surface area contributed by atoms with Gasteiger partial charge >= 0.3 is 0 Å². The zero-order valence-electron chi connectivity index (χ0n) is 19.8. The third kappa shape index (κ3) is 16.1.